The highest BCUT2D eigenvalue weighted by Gasteiger charge is 2.34. The maximum atomic E-state index is 6.03. The van der Waals surface area contributed by atoms with Crippen LogP contribution in [-0.4, -0.2) is 48.5 Å². The van der Waals surface area contributed by atoms with Crippen molar-refractivity contribution in [1.82, 2.24) is 9.97 Å². The van der Waals surface area contributed by atoms with E-state index in [4.69, 9.17) is 9.47 Å². The molecule has 2 heterocycles. The minimum absolute atomic E-state index is 0.0666. The lowest BCUT2D eigenvalue weighted by molar-refractivity contribution is -0.106. The van der Waals surface area contributed by atoms with E-state index in [0.717, 1.165) is 30.1 Å². The molecule has 1 fully saturated rings. The molecule has 1 aliphatic heterocycles. The van der Waals surface area contributed by atoms with Crippen LogP contribution in [0.15, 0.2) is 24.3 Å². The zero-order valence-electron chi connectivity index (χ0n) is 12.2. The van der Waals surface area contributed by atoms with Crippen molar-refractivity contribution in [2.24, 2.45) is 0 Å². The van der Waals surface area contributed by atoms with Gasteiger partial charge in [-0.25, -0.2) is 4.98 Å². The first kappa shape index (κ1) is 13.4. The predicted molar refractivity (Wildman–Crippen MR) is 79.1 cm³/mol. The zero-order valence-corrected chi connectivity index (χ0v) is 12.2. The Morgan fingerprint density at radius 2 is 2.25 bits per heavy atom. The second-order valence-electron chi connectivity index (χ2n) is 5.91. The summed E-state index contributed by atoms with van der Waals surface area (Å²) >= 11 is 0. The number of fused-ring (bicyclic) bond motifs is 1. The summed E-state index contributed by atoms with van der Waals surface area (Å²) in [5.74, 6) is 0.906. The van der Waals surface area contributed by atoms with Crippen molar-refractivity contribution in [3.8, 4) is 0 Å². The molecular weight excluding hydrogens is 254 g/mol. The van der Waals surface area contributed by atoms with Gasteiger partial charge in [-0.1, -0.05) is 12.1 Å². The lowest BCUT2D eigenvalue weighted by atomic mass is 10.1. The molecule has 1 unspecified atom stereocenters. The molecule has 1 N–H and O–H groups in total. The van der Waals surface area contributed by atoms with Crippen LogP contribution >= 0.6 is 0 Å². The van der Waals surface area contributed by atoms with Gasteiger partial charge in [0.15, 0.2) is 0 Å². The second kappa shape index (κ2) is 5.07. The molecule has 1 saturated heterocycles. The number of nitrogens with zero attached hydrogens (tertiary/aromatic N) is 2. The number of rotatable bonds is 3. The van der Waals surface area contributed by atoms with Crippen molar-refractivity contribution >= 4 is 17.0 Å². The molecule has 108 valence electrons. The van der Waals surface area contributed by atoms with E-state index in [1.54, 1.807) is 7.11 Å². The van der Waals surface area contributed by atoms with Crippen molar-refractivity contribution in [3.05, 3.63) is 24.3 Å². The number of hydrogen-bond donors (Lipinski definition) is 1. The van der Waals surface area contributed by atoms with Gasteiger partial charge in [0.05, 0.1) is 29.3 Å². The molecule has 5 heteroatoms. The van der Waals surface area contributed by atoms with Gasteiger partial charge in [0.1, 0.15) is 0 Å². The number of aromatic nitrogens is 2. The first-order chi connectivity index (χ1) is 9.57. The van der Waals surface area contributed by atoms with Gasteiger partial charge < -0.3 is 19.4 Å². The number of anilines is 1. The third-order valence-corrected chi connectivity index (χ3v) is 3.51. The third kappa shape index (κ3) is 2.64. The number of ether oxygens (including phenoxy) is 2. The van der Waals surface area contributed by atoms with E-state index in [-0.39, 0.29) is 11.7 Å². The molecule has 1 aliphatic rings. The summed E-state index contributed by atoms with van der Waals surface area (Å²) in [7, 11) is 1.70. The van der Waals surface area contributed by atoms with Crippen LogP contribution in [0.3, 0.4) is 0 Å². The predicted octanol–water partition coefficient (Wildman–Crippen LogP) is 2.19. The Labute approximate surface area is 118 Å². The smallest absolute Gasteiger partial charge is 0.204 e. The van der Waals surface area contributed by atoms with Gasteiger partial charge in [-0.05, 0) is 26.0 Å². The number of imidazole rings is 1. The van der Waals surface area contributed by atoms with Crippen molar-refractivity contribution in [1.29, 1.82) is 0 Å². The number of aromatic amines is 1. The Morgan fingerprint density at radius 1 is 1.45 bits per heavy atom. The molecule has 3 rings (SSSR count). The van der Waals surface area contributed by atoms with Crippen LogP contribution in [0.2, 0.25) is 0 Å². The molecule has 0 amide bonds. The monoisotopic (exact) mass is 275 g/mol. The summed E-state index contributed by atoms with van der Waals surface area (Å²) in [6.45, 7) is 6.40. The molecular formula is C15H21N3O2. The highest BCUT2D eigenvalue weighted by Crippen LogP contribution is 2.26. The lowest BCUT2D eigenvalue weighted by Gasteiger charge is -2.42. The van der Waals surface area contributed by atoms with Crippen molar-refractivity contribution < 1.29 is 9.47 Å². The molecule has 0 spiro atoms. The van der Waals surface area contributed by atoms with E-state index < -0.39 is 0 Å². The van der Waals surface area contributed by atoms with E-state index in [0.29, 0.717) is 6.61 Å². The maximum Gasteiger partial charge on any atom is 0.204 e. The fraction of sp³-hybridized carbons (Fsp3) is 0.533. The van der Waals surface area contributed by atoms with Crippen LogP contribution in [0.1, 0.15) is 13.8 Å². The Hall–Kier alpha value is -1.59. The van der Waals surface area contributed by atoms with Crippen LogP contribution in [0.25, 0.3) is 11.0 Å². The molecule has 1 aromatic heterocycles. The largest absolute Gasteiger partial charge is 0.382 e. The summed E-state index contributed by atoms with van der Waals surface area (Å²) in [5, 5.41) is 0. The van der Waals surface area contributed by atoms with E-state index in [9.17, 15) is 0 Å². The molecule has 5 nitrogen and oxygen atoms in total. The Morgan fingerprint density at radius 3 is 3.00 bits per heavy atom. The molecule has 0 radical (unpaired) electrons. The van der Waals surface area contributed by atoms with E-state index in [1.807, 2.05) is 24.3 Å². The molecule has 0 aliphatic carbocycles. The van der Waals surface area contributed by atoms with Gasteiger partial charge >= 0.3 is 0 Å². The topological polar surface area (TPSA) is 50.4 Å². The number of para-hydroxylation sites is 2. The van der Waals surface area contributed by atoms with E-state index >= 15 is 0 Å². The van der Waals surface area contributed by atoms with Crippen LogP contribution in [0.5, 0.6) is 0 Å². The van der Waals surface area contributed by atoms with Crippen LogP contribution in [0, 0.1) is 0 Å². The number of benzene rings is 1. The Kier molecular flexibility index (Phi) is 3.40. The SMILES string of the molecule is COCC1CN(c2nc3ccccc3[nH]2)CC(C)(C)O1. The summed E-state index contributed by atoms with van der Waals surface area (Å²) < 4.78 is 11.3. The average Bonchev–Trinajstić information content (AvgIpc) is 2.81. The first-order valence-electron chi connectivity index (χ1n) is 6.94. The molecule has 0 bridgehead atoms. The lowest BCUT2D eigenvalue weighted by Crippen LogP contribution is -2.54. The minimum Gasteiger partial charge on any atom is -0.382 e. The summed E-state index contributed by atoms with van der Waals surface area (Å²) in [4.78, 5) is 10.3. The zero-order chi connectivity index (χ0) is 14.2. The summed E-state index contributed by atoms with van der Waals surface area (Å²) in [6.07, 6.45) is 0.0666. The first-order valence-corrected chi connectivity index (χ1v) is 6.94. The van der Waals surface area contributed by atoms with Crippen molar-refractivity contribution in [3.63, 3.8) is 0 Å². The molecule has 20 heavy (non-hydrogen) atoms. The third-order valence-electron chi connectivity index (χ3n) is 3.51. The molecule has 0 saturated carbocycles. The van der Waals surface area contributed by atoms with Gasteiger partial charge in [0, 0.05) is 20.2 Å². The quantitative estimate of drug-likeness (QED) is 0.933. The Bertz CT molecular complexity index is 561. The number of nitrogens with one attached hydrogen (secondary N) is 1. The average molecular weight is 275 g/mol. The van der Waals surface area contributed by atoms with Crippen molar-refractivity contribution in [2.45, 2.75) is 25.6 Å². The fourth-order valence-electron chi connectivity index (χ4n) is 2.82. The number of hydrogen-bond acceptors (Lipinski definition) is 4. The van der Waals surface area contributed by atoms with Crippen LogP contribution in [-0.2, 0) is 9.47 Å². The molecule has 1 aromatic carbocycles. The van der Waals surface area contributed by atoms with E-state index in [1.165, 1.54) is 0 Å². The summed E-state index contributed by atoms with van der Waals surface area (Å²) in [5.41, 5.74) is 1.85. The Balaban J connectivity index is 1.87. The van der Waals surface area contributed by atoms with Crippen molar-refractivity contribution in [2.75, 3.05) is 31.7 Å². The van der Waals surface area contributed by atoms with Gasteiger partial charge in [-0.2, -0.15) is 0 Å². The van der Waals surface area contributed by atoms with Gasteiger partial charge in [0.2, 0.25) is 5.95 Å². The molecule has 1 atom stereocenters. The van der Waals surface area contributed by atoms with Gasteiger partial charge in [-0.15, -0.1) is 0 Å². The van der Waals surface area contributed by atoms with Crippen LogP contribution in [0.4, 0.5) is 5.95 Å². The number of H-pyrrole nitrogens is 1. The van der Waals surface area contributed by atoms with Crippen LogP contribution < -0.4 is 4.90 Å². The standard InChI is InChI=1S/C15H21N3O2/c1-15(2)10-18(8-11(20-15)9-19-3)14-16-12-6-4-5-7-13(12)17-14/h4-7,11H,8-10H2,1-3H3,(H,16,17). The number of methoxy groups -OCH3 is 1. The normalized spacial score (nSPS) is 22.4. The number of morpholine rings is 1. The highest BCUT2D eigenvalue weighted by molar-refractivity contribution is 5.77. The summed E-state index contributed by atoms with van der Waals surface area (Å²) in [6, 6.07) is 8.09. The van der Waals surface area contributed by atoms with E-state index in [2.05, 4.69) is 28.7 Å². The molecule has 2 aromatic rings. The maximum absolute atomic E-state index is 6.03. The minimum atomic E-state index is -0.208. The highest BCUT2D eigenvalue weighted by atomic mass is 16.5. The van der Waals surface area contributed by atoms with Gasteiger partial charge in [-0.3, -0.25) is 0 Å². The second-order valence-corrected chi connectivity index (χ2v) is 5.91. The van der Waals surface area contributed by atoms with Gasteiger partial charge in [0.25, 0.3) is 0 Å². The fourth-order valence-corrected chi connectivity index (χ4v) is 2.82.